The summed E-state index contributed by atoms with van der Waals surface area (Å²) in [4.78, 5) is 23.8. The van der Waals surface area contributed by atoms with Crippen LogP contribution in [-0.4, -0.2) is 24.0 Å². The van der Waals surface area contributed by atoms with Gasteiger partial charge in [-0.2, -0.15) is 0 Å². The molecular weight excluding hydrogens is 213 g/mol. The maximum absolute atomic E-state index is 13.0. The largest absolute Gasteiger partial charge is 0.481 e. The molecule has 0 radical (unpaired) electrons. The molecule has 1 aromatic rings. The number of hydrogen-bond donors (Lipinski definition) is 1. The highest BCUT2D eigenvalue weighted by Crippen LogP contribution is 2.35. The van der Waals surface area contributed by atoms with E-state index in [-0.39, 0.29) is 12.3 Å². The van der Waals surface area contributed by atoms with Crippen LogP contribution in [0.1, 0.15) is 17.9 Å². The van der Waals surface area contributed by atoms with E-state index in [4.69, 9.17) is 5.11 Å². The molecule has 1 aliphatic rings. The van der Waals surface area contributed by atoms with Crippen LogP contribution >= 0.6 is 0 Å². The Balaban J connectivity index is 2.58. The molecule has 0 saturated heterocycles. The molecule has 4 nitrogen and oxygen atoms in total. The van der Waals surface area contributed by atoms with Gasteiger partial charge in [-0.15, -0.1) is 0 Å². The first-order chi connectivity index (χ1) is 7.50. The van der Waals surface area contributed by atoms with Gasteiger partial charge in [0.2, 0.25) is 5.91 Å². The second kappa shape index (κ2) is 3.59. The van der Waals surface area contributed by atoms with Crippen LogP contribution in [0.2, 0.25) is 0 Å². The van der Waals surface area contributed by atoms with Gasteiger partial charge in [-0.1, -0.05) is 6.07 Å². The molecule has 0 aliphatic carbocycles. The Kier molecular flexibility index (Phi) is 2.38. The Bertz CT molecular complexity index is 472. The standard InChI is InChI=1S/C11H10FNO3/c1-13-9-4-6(12)2-3-7(9)8(11(15)16)5-10(13)14/h2-4,8H,5H2,1H3,(H,15,16)/t8-/m0/s1. The molecule has 1 aromatic carbocycles. The second-order valence-corrected chi connectivity index (χ2v) is 3.75. The number of fused-ring (bicyclic) bond motifs is 1. The van der Waals surface area contributed by atoms with Crippen molar-refractivity contribution in [3.8, 4) is 0 Å². The number of carbonyl (C=O) groups excluding carboxylic acids is 1. The number of carboxylic acids is 1. The fourth-order valence-corrected chi connectivity index (χ4v) is 1.88. The maximum Gasteiger partial charge on any atom is 0.311 e. The van der Waals surface area contributed by atoms with Crippen LogP contribution in [0, 0.1) is 5.82 Å². The van der Waals surface area contributed by atoms with Crippen LogP contribution in [0.25, 0.3) is 0 Å². The van der Waals surface area contributed by atoms with Gasteiger partial charge in [0.15, 0.2) is 0 Å². The van der Waals surface area contributed by atoms with Crippen molar-refractivity contribution in [3.63, 3.8) is 0 Å². The topological polar surface area (TPSA) is 57.6 Å². The molecule has 0 saturated carbocycles. The number of rotatable bonds is 1. The minimum atomic E-state index is -1.06. The van der Waals surface area contributed by atoms with Gasteiger partial charge < -0.3 is 10.0 Å². The molecule has 0 unspecified atom stereocenters. The molecule has 1 atom stereocenters. The van der Waals surface area contributed by atoms with Crippen LogP contribution in [0.3, 0.4) is 0 Å². The summed E-state index contributed by atoms with van der Waals surface area (Å²) in [5.41, 5.74) is 0.819. The maximum atomic E-state index is 13.0. The highest BCUT2D eigenvalue weighted by molar-refractivity contribution is 6.01. The summed E-state index contributed by atoms with van der Waals surface area (Å²) in [6.45, 7) is 0. The number of amides is 1. The summed E-state index contributed by atoms with van der Waals surface area (Å²) in [5.74, 6) is -2.73. The average molecular weight is 223 g/mol. The summed E-state index contributed by atoms with van der Waals surface area (Å²) in [5, 5.41) is 8.99. The van der Waals surface area contributed by atoms with Crippen molar-refractivity contribution in [3.05, 3.63) is 29.6 Å². The van der Waals surface area contributed by atoms with Crippen LogP contribution in [-0.2, 0) is 9.59 Å². The molecule has 1 amide bonds. The smallest absolute Gasteiger partial charge is 0.311 e. The lowest BCUT2D eigenvalue weighted by molar-refractivity contribution is -0.140. The van der Waals surface area contributed by atoms with Crippen molar-refractivity contribution in [2.24, 2.45) is 0 Å². The van der Waals surface area contributed by atoms with E-state index in [0.29, 0.717) is 11.3 Å². The molecule has 16 heavy (non-hydrogen) atoms. The van der Waals surface area contributed by atoms with Gasteiger partial charge in [-0.05, 0) is 17.7 Å². The molecule has 1 heterocycles. The molecular formula is C11H10FNO3. The summed E-state index contributed by atoms with van der Waals surface area (Å²) in [7, 11) is 1.51. The van der Waals surface area contributed by atoms with Crippen molar-refractivity contribution < 1.29 is 19.1 Å². The summed E-state index contributed by atoms with van der Waals surface area (Å²) < 4.78 is 13.0. The molecule has 0 spiro atoms. The molecule has 5 heteroatoms. The van der Waals surface area contributed by atoms with Crippen molar-refractivity contribution in [1.82, 2.24) is 0 Å². The third-order valence-electron chi connectivity index (χ3n) is 2.78. The lowest BCUT2D eigenvalue weighted by Crippen LogP contribution is -2.35. The fourth-order valence-electron chi connectivity index (χ4n) is 1.88. The zero-order valence-corrected chi connectivity index (χ0v) is 8.61. The van der Waals surface area contributed by atoms with Gasteiger partial charge in [0.25, 0.3) is 0 Å². The normalized spacial score (nSPS) is 19.5. The number of carboxylic acid groups (broad SMARTS) is 1. The minimum absolute atomic E-state index is 0.0789. The Hall–Kier alpha value is -1.91. The van der Waals surface area contributed by atoms with Gasteiger partial charge >= 0.3 is 5.97 Å². The van der Waals surface area contributed by atoms with Gasteiger partial charge in [-0.3, -0.25) is 9.59 Å². The monoisotopic (exact) mass is 223 g/mol. The van der Waals surface area contributed by atoms with Gasteiger partial charge in [0.05, 0.1) is 11.6 Å². The second-order valence-electron chi connectivity index (χ2n) is 3.75. The van der Waals surface area contributed by atoms with Crippen LogP contribution < -0.4 is 4.90 Å². The predicted molar refractivity (Wildman–Crippen MR) is 54.8 cm³/mol. The molecule has 84 valence electrons. The summed E-state index contributed by atoms with van der Waals surface area (Å²) >= 11 is 0. The third kappa shape index (κ3) is 1.54. The van der Waals surface area contributed by atoms with Crippen molar-refractivity contribution in [1.29, 1.82) is 0 Å². The number of halogens is 1. The molecule has 0 fully saturated rings. The first-order valence-electron chi connectivity index (χ1n) is 4.79. The minimum Gasteiger partial charge on any atom is -0.481 e. The van der Waals surface area contributed by atoms with E-state index in [0.717, 1.165) is 0 Å². The molecule has 1 aliphatic heterocycles. The van der Waals surface area contributed by atoms with E-state index < -0.39 is 17.7 Å². The lowest BCUT2D eigenvalue weighted by atomic mass is 9.90. The quantitative estimate of drug-likeness (QED) is 0.782. The van der Waals surface area contributed by atoms with E-state index in [1.807, 2.05) is 0 Å². The molecule has 0 aromatic heterocycles. The Morgan fingerprint density at radius 3 is 2.88 bits per heavy atom. The van der Waals surface area contributed by atoms with Gasteiger partial charge in [0, 0.05) is 13.5 Å². The number of carbonyl (C=O) groups is 2. The Morgan fingerprint density at radius 1 is 1.56 bits per heavy atom. The lowest BCUT2D eigenvalue weighted by Gasteiger charge is -2.29. The molecule has 1 N–H and O–H groups in total. The van der Waals surface area contributed by atoms with Crippen molar-refractivity contribution >= 4 is 17.6 Å². The zero-order chi connectivity index (χ0) is 11.9. The van der Waals surface area contributed by atoms with Crippen molar-refractivity contribution in [2.45, 2.75) is 12.3 Å². The van der Waals surface area contributed by atoms with E-state index in [1.165, 1.54) is 30.1 Å². The van der Waals surface area contributed by atoms with Crippen LogP contribution in [0.4, 0.5) is 10.1 Å². The third-order valence-corrected chi connectivity index (χ3v) is 2.78. The Labute approximate surface area is 91.3 Å². The van der Waals surface area contributed by atoms with E-state index in [9.17, 15) is 14.0 Å². The van der Waals surface area contributed by atoms with Crippen LogP contribution in [0.15, 0.2) is 18.2 Å². The van der Waals surface area contributed by atoms with Gasteiger partial charge in [-0.25, -0.2) is 4.39 Å². The molecule has 0 bridgehead atoms. The SMILES string of the molecule is CN1C(=O)C[C@H](C(=O)O)c2ccc(F)cc21. The highest BCUT2D eigenvalue weighted by Gasteiger charge is 2.33. The number of aliphatic carboxylic acids is 1. The fraction of sp³-hybridized carbons (Fsp3) is 0.273. The predicted octanol–water partition coefficient (Wildman–Crippen LogP) is 1.36. The number of nitrogens with zero attached hydrogens (tertiary/aromatic N) is 1. The van der Waals surface area contributed by atoms with Gasteiger partial charge in [0.1, 0.15) is 5.82 Å². The van der Waals surface area contributed by atoms with E-state index in [2.05, 4.69) is 0 Å². The number of anilines is 1. The van der Waals surface area contributed by atoms with Crippen LogP contribution in [0.5, 0.6) is 0 Å². The first kappa shape index (κ1) is 10.6. The zero-order valence-electron chi connectivity index (χ0n) is 8.61. The first-order valence-corrected chi connectivity index (χ1v) is 4.79. The number of benzene rings is 1. The van der Waals surface area contributed by atoms with E-state index in [1.54, 1.807) is 0 Å². The number of hydrogen-bond acceptors (Lipinski definition) is 2. The average Bonchev–Trinajstić information content (AvgIpc) is 2.23. The van der Waals surface area contributed by atoms with E-state index >= 15 is 0 Å². The highest BCUT2D eigenvalue weighted by atomic mass is 19.1. The van der Waals surface area contributed by atoms with Crippen molar-refractivity contribution in [2.75, 3.05) is 11.9 Å². The Morgan fingerprint density at radius 2 is 2.25 bits per heavy atom. The molecule has 2 rings (SSSR count). The summed E-state index contributed by atoms with van der Waals surface area (Å²) in [6.07, 6.45) is -0.0789. The summed E-state index contributed by atoms with van der Waals surface area (Å²) in [6, 6.07) is 3.81.